The van der Waals surface area contributed by atoms with Crippen LogP contribution in [-0.4, -0.2) is 5.75 Å². The van der Waals surface area contributed by atoms with Gasteiger partial charge in [0.1, 0.15) is 0 Å². The summed E-state index contributed by atoms with van der Waals surface area (Å²) in [6, 6.07) is 6.36. The fourth-order valence-electron chi connectivity index (χ4n) is 1.19. The monoisotopic (exact) mass is 287 g/mol. The van der Waals surface area contributed by atoms with Crippen LogP contribution in [-0.2, 0) is 6.54 Å². The molecule has 3 heteroatoms. The lowest BCUT2D eigenvalue weighted by Gasteiger charge is -2.07. The van der Waals surface area contributed by atoms with Crippen LogP contribution in [0.25, 0.3) is 0 Å². The molecule has 0 fully saturated rings. The second-order valence-electron chi connectivity index (χ2n) is 4.00. The molecule has 0 spiro atoms. The van der Waals surface area contributed by atoms with E-state index in [0.717, 1.165) is 5.92 Å². The third kappa shape index (κ3) is 4.58. The summed E-state index contributed by atoms with van der Waals surface area (Å²) in [4.78, 5) is 1.31. The van der Waals surface area contributed by atoms with E-state index in [1.807, 2.05) is 11.8 Å². The first kappa shape index (κ1) is 13.1. The van der Waals surface area contributed by atoms with Gasteiger partial charge in [-0.3, -0.25) is 0 Å². The van der Waals surface area contributed by atoms with Crippen LogP contribution in [0.15, 0.2) is 27.6 Å². The summed E-state index contributed by atoms with van der Waals surface area (Å²) in [5.41, 5.74) is 6.76. The van der Waals surface area contributed by atoms with Gasteiger partial charge in [-0.05, 0) is 51.7 Å². The topological polar surface area (TPSA) is 26.0 Å². The van der Waals surface area contributed by atoms with Crippen molar-refractivity contribution in [3.8, 4) is 0 Å². The highest BCUT2D eigenvalue weighted by Gasteiger charge is 2.02. The summed E-state index contributed by atoms with van der Waals surface area (Å²) in [6.07, 6.45) is 1.26. The van der Waals surface area contributed by atoms with E-state index in [9.17, 15) is 0 Å². The van der Waals surface area contributed by atoms with Crippen LogP contribution >= 0.6 is 27.7 Å². The molecule has 15 heavy (non-hydrogen) atoms. The minimum absolute atomic E-state index is 0.607. The lowest BCUT2D eigenvalue weighted by Crippen LogP contribution is -1.96. The highest BCUT2D eigenvalue weighted by atomic mass is 79.9. The summed E-state index contributed by atoms with van der Waals surface area (Å²) >= 11 is 5.49. The number of nitrogens with two attached hydrogens (primary N) is 1. The fourth-order valence-corrected chi connectivity index (χ4v) is 3.13. The summed E-state index contributed by atoms with van der Waals surface area (Å²) in [5, 5.41) is 0. The Kier molecular flexibility index (Phi) is 5.72. The van der Waals surface area contributed by atoms with Crippen molar-refractivity contribution < 1.29 is 0 Å². The number of halogens is 1. The highest BCUT2D eigenvalue weighted by molar-refractivity contribution is 9.10. The van der Waals surface area contributed by atoms with Crippen LogP contribution in [0.5, 0.6) is 0 Å². The number of hydrogen-bond donors (Lipinski definition) is 1. The smallest absolute Gasteiger partial charge is 0.0314 e. The van der Waals surface area contributed by atoms with E-state index in [4.69, 9.17) is 5.73 Å². The maximum atomic E-state index is 5.58. The van der Waals surface area contributed by atoms with Gasteiger partial charge in [0.05, 0.1) is 0 Å². The van der Waals surface area contributed by atoms with Gasteiger partial charge < -0.3 is 5.73 Å². The fraction of sp³-hybridized carbons (Fsp3) is 0.500. The van der Waals surface area contributed by atoms with Crippen molar-refractivity contribution in [2.45, 2.75) is 31.7 Å². The first-order chi connectivity index (χ1) is 7.13. The Morgan fingerprint density at radius 3 is 2.67 bits per heavy atom. The largest absolute Gasteiger partial charge is 0.326 e. The maximum absolute atomic E-state index is 5.58. The van der Waals surface area contributed by atoms with Crippen LogP contribution in [0.2, 0.25) is 0 Å². The van der Waals surface area contributed by atoms with Gasteiger partial charge in [-0.25, -0.2) is 0 Å². The first-order valence-electron chi connectivity index (χ1n) is 5.24. The number of thioether (sulfide) groups is 1. The molecule has 1 nitrogen and oxygen atoms in total. The molecule has 1 aromatic carbocycles. The Morgan fingerprint density at radius 2 is 2.13 bits per heavy atom. The van der Waals surface area contributed by atoms with Gasteiger partial charge in [0.15, 0.2) is 0 Å². The Hall–Kier alpha value is 0.01000. The standard InChI is InChI=1S/C12H18BrNS/c1-9(2)5-6-15-12-4-3-10(8-14)7-11(12)13/h3-4,7,9H,5-6,8,14H2,1-2H3. The quantitative estimate of drug-likeness (QED) is 0.827. The lowest BCUT2D eigenvalue weighted by atomic mass is 10.2. The van der Waals surface area contributed by atoms with E-state index in [2.05, 4.69) is 48.0 Å². The number of rotatable bonds is 5. The van der Waals surface area contributed by atoms with Crippen molar-refractivity contribution in [3.63, 3.8) is 0 Å². The molecule has 0 radical (unpaired) electrons. The van der Waals surface area contributed by atoms with Gasteiger partial charge in [-0.1, -0.05) is 19.9 Å². The molecule has 0 aliphatic rings. The van der Waals surface area contributed by atoms with Crippen LogP contribution < -0.4 is 5.73 Å². The van der Waals surface area contributed by atoms with Crippen LogP contribution in [0.1, 0.15) is 25.8 Å². The van der Waals surface area contributed by atoms with E-state index in [1.165, 1.54) is 27.1 Å². The van der Waals surface area contributed by atoms with Crippen molar-refractivity contribution >= 4 is 27.7 Å². The van der Waals surface area contributed by atoms with Crippen molar-refractivity contribution in [2.75, 3.05) is 5.75 Å². The summed E-state index contributed by atoms with van der Waals surface area (Å²) < 4.78 is 1.17. The first-order valence-corrected chi connectivity index (χ1v) is 7.02. The molecular formula is C12H18BrNS. The zero-order chi connectivity index (χ0) is 11.3. The number of hydrogen-bond acceptors (Lipinski definition) is 2. The van der Waals surface area contributed by atoms with Crippen molar-refractivity contribution in [1.29, 1.82) is 0 Å². The van der Waals surface area contributed by atoms with Crippen LogP contribution in [0.4, 0.5) is 0 Å². The van der Waals surface area contributed by atoms with Gasteiger partial charge in [-0.15, -0.1) is 11.8 Å². The predicted octanol–water partition coefficient (Wildman–Crippen LogP) is 4.05. The molecule has 0 bridgehead atoms. The molecule has 0 aromatic heterocycles. The maximum Gasteiger partial charge on any atom is 0.0314 e. The molecule has 1 rings (SSSR count). The second kappa shape index (κ2) is 6.56. The van der Waals surface area contributed by atoms with E-state index in [-0.39, 0.29) is 0 Å². The van der Waals surface area contributed by atoms with Gasteiger partial charge in [0.2, 0.25) is 0 Å². The molecule has 0 aliphatic heterocycles. The zero-order valence-electron chi connectivity index (χ0n) is 9.29. The molecule has 0 atom stereocenters. The van der Waals surface area contributed by atoms with Crippen molar-refractivity contribution in [1.82, 2.24) is 0 Å². The van der Waals surface area contributed by atoms with E-state index in [1.54, 1.807) is 0 Å². The zero-order valence-corrected chi connectivity index (χ0v) is 11.7. The van der Waals surface area contributed by atoms with Gasteiger partial charge >= 0.3 is 0 Å². The lowest BCUT2D eigenvalue weighted by molar-refractivity contribution is 0.632. The Bertz CT molecular complexity index is 312. The van der Waals surface area contributed by atoms with Gasteiger partial charge in [0.25, 0.3) is 0 Å². The molecule has 0 heterocycles. The summed E-state index contributed by atoms with van der Waals surface area (Å²) in [7, 11) is 0. The molecule has 1 aromatic rings. The number of benzene rings is 1. The molecule has 0 saturated carbocycles. The average Bonchev–Trinajstić information content (AvgIpc) is 2.20. The molecule has 0 aliphatic carbocycles. The van der Waals surface area contributed by atoms with Crippen molar-refractivity contribution in [3.05, 3.63) is 28.2 Å². The van der Waals surface area contributed by atoms with Gasteiger partial charge in [-0.2, -0.15) is 0 Å². The average molecular weight is 288 g/mol. The van der Waals surface area contributed by atoms with E-state index < -0.39 is 0 Å². The van der Waals surface area contributed by atoms with E-state index in [0.29, 0.717) is 6.54 Å². The Labute approximate surface area is 105 Å². The van der Waals surface area contributed by atoms with E-state index >= 15 is 0 Å². The second-order valence-corrected chi connectivity index (χ2v) is 5.99. The molecule has 0 saturated heterocycles. The summed E-state index contributed by atoms with van der Waals surface area (Å²) in [6.45, 7) is 5.12. The van der Waals surface area contributed by atoms with Crippen LogP contribution in [0, 0.1) is 5.92 Å². The molecule has 84 valence electrons. The third-order valence-corrected chi connectivity index (χ3v) is 4.21. The van der Waals surface area contributed by atoms with Gasteiger partial charge in [0, 0.05) is 15.9 Å². The van der Waals surface area contributed by atoms with Crippen molar-refractivity contribution in [2.24, 2.45) is 11.7 Å². The Balaban J connectivity index is 2.54. The third-order valence-electron chi connectivity index (χ3n) is 2.18. The summed E-state index contributed by atoms with van der Waals surface area (Å²) in [5.74, 6) is 1.96. The predicted molar refractivity (Wildman–Crippen MR) is 72.2 cm³/mol. The molecular weight excluding hydrogens is 270 g/mol. The minimum atomic E-state index is 0.607. The molecule has 0 unspecified atom stereocenters. The highest BCUT2D eigenvalue weighted by Crippen LogP contribution is 2.29. The SMILES string of the molecule is CC(C)CCSc1ccc(CN)cc1Br. The molecule has 2 N–H and O–H groups in total. The molecule has 0 amide bonds. The Morgan fingerprint density at radius 1 is 1.40 bits per heavy atom. The van der Waals surface area contributed by atoms with Crippen LogP contribution in [0.3, 0.4) is 0 Å². The minimum Gasteiger partial charge on any atom is -0.326 e. The normalized spacial score (nSPS) is 11.0.